The van der Waals surface area contributed by atoms with Gasteiger partial charge in [0.2, 0.25) is 0 Å². The van der Waals surface area contributed by atoms with Gasteiger partial charge >= 0.3 is 0 Å². The summed E-state index contributed by atoms with van der Waals surface area (Å²) < 4.78 is 9.76. The normalized spacial score (nSPS) is 11.8. The predicted molar refractivity (Wildman–Crippen MR) is 202 cm³/mol. The highest BCUT2D eigenvalue weighted by molar-refractivity contribution is 7.25. The molecule has 0 unspecified atom stereocenters. The average Bonchev–Trinajstić information content (AvgIpc) is 3.72. The third-order valence-electron chi connectivity index (χ3n) is 9.44. The molecule has 2 aromatic heterocycles. The summed E-state index contributed by atoms with van der Waals surface area (Å²) in [5.41, 5.74) is 7.32. The van der Waals surface area contributed by atoms with Crippen molar-refractivity contribution in [2.24, 2.45) is 0 Å². The summed E-state index contributed by atoms with van der Waals surface area (Å²) >= 11 is 1.84. The molecule has 220 valence electrons. The van der Waals surface area contributed by atoms with Gasteiger partial charge in [0, 0.05) is 47.7 Å². The Hall–Kier alpha value is -5.90. The van der Waals surface area contributed by atoms with Crippen molar-refractivity contribution in [1.29, 1.82) is 0 Å². The number of benzene rings is 8. The van der Waals surface area contributed by atoms with E-state index in [1.165, 1.54) is 41.9 Å². The van der Waals surface area contributed by atoms with E-state index in [2.05, 4.69) is 169 Å². The van der Waals surface area contributed by atoms with Crippen LogP contribution in [0.4, 0.5) is 17.1 Å². The van der Waals surface area contributed by atoms with Crippen molar-refractivity contribution in [2.45, 2.75) is 0 Å². The molecule has 0 fully saturated rings. The minimum atomic E-state index is 0.878. The minimum absolute atomic E-state index is 0.878. The van der Waals surface area contributed by atoms with E-state index in [9.17, 15) is 0 Å². The van der Waals surface area contributed by atoms with Crippen LogP contribution in [0.25, 0.3) is 74.8 Å². The van der Waals surface area contributed by atoms with Crippen LogP contribution in [0.15, 0.2) is 168 Å². The molecule has 0 N–H and O–H groups in total. The molecule has 47 heavy (non-hydrogen) atoms. The number of rotatable bonds is 4. The summed E-state index contributed by atoms with van der Waals surface area (Å²) in [6.45, 7) is 0. The SMILES string of the molecule is c1ccc(-c2ccc(N(c3ccccc3)c3ccc4c(c3)sc3ccccc34)c3oc4c5ccccc5c5ccccc5c4c23)cc1. The first-order chi connectivity index (χ1) is 23.3. The summed E-state index contributed by atoms with van der Waals surface area (Å²) in [5.74, 6) is 0. The lowest BCUT2D eigenvalue weighted by atomic mass is 9.93. The maximum atomic E-state index is 7.19. The van der Waals surface area contributed by atoms with Gasteiger partial charge in [0.05, 0.1) is 5.69 Å². The van der Waals surface area contributed by atoms with Gasteiger partial charge in [-0.05, 0) is 63.7 Å². The van der Waals surface area contributed by atoms with Crippen LogP contribution in [0.5, 0.6) is 0 Å². The third-order valence-corrected chi connectivity index (χ3v) is 10.6. The van der Waals surface area contributed by atoms with Gasteiger partial charge in [-0.2, -0.15) is 0 Å². The van der Waals surface area contributed by atoms with E-state index >= 15 is 0 Å². The number of para-hydroxylation sites is 1. The van der Waals surface area contributed by atoms with Crippen LogP contribution in [0.2, 0.25) is 0 Å². The maximum absolute atomic E-state index is 7.19. The Morgan fingerprint density at radius 3 is 1.81 bits per heavy atom. The summed E-state index contributed by atoms with van der Waals surface area (Å²) in [6, 6.07) is 58.8. The van der Waals surface area contributed by atoms with E-state index in [0.29, 0.717) is 0 Å². The molecule has 8 aromatic carbocycles. The molecule has 2 nitrogen and oxygen atoms in total. The monoisotopic (exact) mass is 617 g/mol. The molecule has 0 bridgehead atoms. The van der Waals surface area contributed by atoms with Crippen LogP contribution in [-0.4, -0.2) is 0 Å². The first kappa shape index (κ1) is 26.3. The highest BCUT2D eigenvalue weighted by Crippen LogP contribution is 2.50. The second kappa shape index (κ2) is 10.3. The molecule has 0 aliphatic rings. The molecular weight excluding hydrogens is 591 g/mol. The zero-order chi connectivity index (χ0) is 30.9. The minimum Gasteiger partial charge on any atom is -0.453 e. The number of anilines is 3. The molecule has 0 aliphatic carbocycles. The van der Waals surface area contributed by atoms with Gasteiger partial charge in [0.15, 0.2) is 5.58 Å². The first-order valence-corrected chi connectivity index (χ1v) is 16.8. The lowest BCUT2D eigenvalue weighted by Crippen LogP contribution is -2.10. The fourth-order valence-corrected chi connectivity index (χ4v) is 8.52. The van der Waals surface area contributed by atoms with Crippen LogP contribution < -0.4 is 4.90 Å². The predicted octanol–water partition coefficient (Wildman–Crippen LogP) is 13.4. The van der Waals surface area contributed by atoms with Crippen LogP contribution in [0.1, 0.15) is 0 Å². The smallest absolute Gasteiger partial charge is 0.160 e. The van der Waals surface area contributed by atoms with Crippen molar-refractivity contribution in [3.05, 3.63) is 164 Å². The summed E-state index contributed by atoms with van der Waals surface area (Å²) in [7, 11) is 0. The van der Waals surface area contributed by atoms with Crippen molar-refractivity contribution in [2.75, 3.05) is 4.90 Å². The largest absolute Gasteiger partial charge is 0.453 e. The number of hydrogen-bond acceptors (Lipinski definition) is 3. The molecular formula is C44H27NOS. The number of thiophene rings is 1. The van der Waals surface area contributed by atoms with E-state index in [4.69, 9.17) is 4.42 Å². The highest BCUT2D eigenvalue weighted by Gasteiger charge is 2.25. The fraction of sp³-hybridized carbons (Fsp3) is 0. The molecule has 10 rings (SSSR count). The number of nitrogens with zero attached hydrogens (tertiary/aromatic N) is 1. The van der Waals surface area contributed by atoms with Gasteiger partial charge in [0.25, 0.3) is 0 Å². The van der Waals surface area contributed by atoms with Crippen LogP contribution >= 0.6 is 11.3 Å². The van der Waals surface area contributed by atoms with Crippen molar-refractivity contribution >= 4 is 92.1 Å². The Morgan fingerprint density at radius 1 is 0.404 bits per heavy atom. The average molecular weight is 618 g/mol. The van der Waals surface area contributed by atoms with Gasteiger partial charge in [0.1, 0.15) is 5.58 Å². The number of fused-ring (bicyclic) bond motifs is 11. The van der Waals surface area contributed by atoms with Crippen molar-refractivity contribution < 1.29 is 4.42 Å². The summed E-state index contributed by atoms with van der Waals surface area (Å²) in [4.78, 5) is 2.35. The quantitative estimate of drug-likeness (QED) is 0.183. The van der Waals surface area contributed by atoms with Gasteiger partial charge in [-0.15, -0.1) is 11.3 Å². The van der Waals surface area contributed by atoms with E-state index in [1.807, 2.05) is 11.3 Å². The van der Waals surface area contributed by atoms with Crippen molar-refractivity contribution in [1.82, 2.24) is 0 Å². The molecule has 0 amide bonds. The van der Waals surface area contributed by atoms with Crippen LogP contribution in [-0.2, 0) is 0 Å². The van der Waals surface area contributed by atoms with Crippen molar-refractivity contribution in [3.8, 4) is 11.1 Å². The van der Waals surface area contributed by atoms with E-state index < -0.39 is 0 Å². The molecule has 3 heteroatoms. The van der Waals surface area contributed by atoms with Gasteiger partial charge in [-0.1, -0.05) is 127 Å². The molecule has 0 radical (unpaired) electrons. The topological polar surface area (TPSA) is 16.4 Å². The Kier molecular flexibility index (Phi) is 5.78. The zero-order valence-corrected chi connectivity index (χ0v) is 26.2. The Balaban J connectivity index is 1.35. The van der Waals surface area contributed by atoms with E-state index in [-0.39, 0.29) is 0 Å². The van der Waals surface area contributed by atoms with Crippen molar-refractivity contribution in [3.63, 3.8) is 0 Å². The van der Waals surface area contributed by atoms with Gasteiger partial charge in [-0.3, -0.25) is 0 Å². The fourth-order valence-electron chi connectivity index (χ4n) is 7.38. The number of hydrogen-bond donors (Lipinski definition) is 0. The van der Waals surface area contributed by atoms with E-state index in [1.54, 1.807) is 0 Å². The number of furan rings is 1. The molecule has 2 heterocycles. The molecule has 0 atom stereocenters. The lowest BCUT2D eigenvalue weighted by Gasteiger charge is -2.26. The second-order valence-corrected chi connectivity index (χ2v) is 13.1. The molecule has 0 saturated carbocycles. The third kappa shape index (κ3) is 3.97. The molecule has 0 spiro atoms. The lowest BCUT2D eigenvalue weighted by molar-refractivity contribution is 0.673. The molecule has 10 aromatic rings. The van der Waals surface area contributed by atoms with E-state index in [0.717, 1.165) is 50.0 Å². The highest BCUT2D eigenvalue weighted by atomic mass is 32.1. The Labute approximate surface area is 275 Å². The standard InChI is InChI=1S/C44H27NOS/c1-3-13-28(14-4-1)31-25-26-38(44-41(31)42-36-20-9-7-17-32(36)33-18-8-10-21-37(33)43(42)46-44)45(29-15-5-2-6-16-29)30-23-24-35-34-19-11-12-22-39(34)47-40(35)27-30/h1-27H. The molecule has 0 aliphatic heterocycles. The maximum Gasteiger partial charge on any atom is 0.160 e. The van der Waals surface area contributed by atoms with Gasteiger partial charge in [-0.25, -0.2) is 0 Å². The van der Waals surface area contributed by atoms with Crippen LogP contribution in [0.3, 0.4) is 0 Å². The van der Waals surface area contributed by atoms with Gasteiger partial charge < -0.3 is 9.32 Å². The Bertz CT molecular complexity index is 2790. The molecule has 0 saturated heterocycles. The zero-order valence-electron chi connectivity index (χ0n) is 25.4. The Morgan fingerprint density at radius 2 is 1.02 bits per heavy atom. The summed E-state index contributed by atoms with van der Waals surface area (Å²) in [5, 5.41) is 9.64. The first-order valence-electron chi connectivity index (χ1n) is 15.9. The van der Waals surface area contributed by atoms with Crippen LogP contribution in [0, 0.1) is 0 Å². The summed E-state index contributed by atoms with van der Waals surface area (Å²) in [6.07, 6.45) is 0. The second-order valence-electron chi connectivity index (χ2n) is 12.0.